The first-order valence-corrected chi connectivity index (χ1v) is 12.8. The maximum absolute atomic E-state index is 13.5. The van der Waals surface area contributed by atoms with Gasteiger partial charge in [0, 0.05) is 5.56 Å². The highest BCUT2D eigenvalue weighted by Crippen LogP contribution is 2.45. The molecule has 2 heterocycles. The number of hydrogen-bond acceptors (Lipinski definition) is 5. The number of carbonyl (C=O) groups excluding carboxylic acids is 2. The lowest BCUT2D eigenvalue weighted by molar-refractivity contribution is -0.132. The number of aliphatic hydroxyl groups is 1. The Morgan fingerprint density at radius 1 is 0.944 bits per heavy atom. The second-order valence-corrected chi connectivity index (χ2v) is 10.8. The van der Waals surface area contributed by atoms with Crippen molar-refractivity contribution in [2.24, 2.45) is 0 Å². The summed E-state index contributed by atoms with van der Waals surface area (Å²) in [5.74, 6) is -1.23. The van der Waals surface area contributed by atoms with Gasteiger partial charge in [0.15, 0.2) is 5.13 Å². The van der Waals surface area contributed by atoms with E-state index >= 15 is 0 Å². The Bertz CT molecular complexity index is 1530. The van der Waals surface area contributed by atoms with Gasteiger partial charge in [0.2, 0.25) is 0 Å². The van der Waals surface area contributed by atoms with E-state index in [9.17, 15) is 14.7 Å². The third-order valence-corrected chi connectivity index (χ3v) is 7.71. The molecule has 36 heavy (non-hydrogen) atoms. The molecule has 1 amide bonds. The molecule has 0 bridgehead atoms. The number of anilines is 1. The minimum Gasteiger partial charge on any atom is -0.507 e. The van der Waals surface area contributed by atoms with E-state index in [2.05, 4.69) is 19.9 Å². The third kappa shape index (κ3) is 4.01. The number of benzene rings is 3. The van der Waals surface area contributed by atoms with Gasteiger partial charge in [-0.1, -0.05) is 85.3 Å². The molecule has 1 saturated heterocycles. The van der Waals surface area contributed by atoms with Crippen molar-refractivity contribution < 1.29 is 14.7 Å². The minimum atomic E-state index is -0.783. The van der Waals surface area contributed by atoms with Crippen molar-refractivity contribution in [2.75, 3.05) is 4.90 Å². The third-order valence-electron chi connectivity index (χ3n) is 6.71. The van der Waals surface area contributed by atoms with Gasteiger partial charge in [0.25, 0.3) is 5.78 Å². The molecule has 1 N–H and O–H groups in total. The highest BCUT2D eigenvalue weighted by Gasteiger charge is 2.48. The van der Waals surface area contributed by atoms with Gasteiger partial charge in [-0.05, 0) is 55.0 Å². The Morgan fingerprint density at radius 2 is 1.61 bits per heavy atom. The largest absolute Gasteiger partial charge is 0.507 e. The molecule has 0 radical (unpaired) electrons. The molecule has 3 aromatic carbocycles. The fraction of sp³-hybridized carbons (Fsp3) is 0.233. The number of rotatable bonds is 4. The van der Waals surface area contributed by atoms with Crippen LogP contribution in [0, 0.1) is 20.8 Å². The number of aryl methyl sites for hydroxylation is 3. The molecule has 4 aromatic rings. The molecule has 6 heteroatoms. The second-order valence-electron chi connectivity index (χ2n) is 9.78. The highest BCUT2D eigenvalue weighted by atomic mass is 32.1. The van der Waals surface area contributed by atoms with E-state index in [1.807, 2.05) is 63.2 Å². The molecule has 1 aliphatic heterocycles. The molecular weight excluding hydrogens is 468 g/mol. The van der Waals surface area contributed by atoms with Gasteiger partial charge < -0.3 is 5.11 Å². The number of carbonyl (C=O) groups is 2. The standard InChI is InChI=1S/C30H28N2O3S/c1-16(2)20-10-12-21(13-11-20)26-24(27(33)22-8-6-17(3)7-9-22)28(34)29(35)32(26)30-31-25-19(5)14-18(4)15-23(25)36-30/h6-16,26,33H,1-5H3/t26-/m0/s1. The first-order valence-electron chi connectivity index (χ1n) is 12.0. The molecule has 1 atom stereocenters. The number of hydrogen-bond donors (Lipinski definition) is 1. The van der Waals surface area contributed by atoms with E-state index < -0.39 is 17.7 Å². The summed E-state index contributed by atoms with van der Waals surface area (Å²) in [6, 6.07) is 18.5. The average Bonchev–Trinajstić information content (AvgIpc) is 3.38. The van der Waals surface area contributed by atoms with Crippen LogP contribution >= 0.6 is 11.3 Å². The topological polar surface area (TPSA) is 70.5 Å². The number of Topliss-reactive ketones (excluding diaryl/α,β-unsaturated/α-hetero) is 1. The molecule has 0 unspecified atom stereocenters. The van der Waals surface area contributed by atoms with Crippen LogP contribution in [-0.4, -0.2) is 21.8 Å². The first-order chi connectivity index (χ1) is 17.2. The van der Waals surface area contributed by atoms with Crippen molar-refractivity contribution in [3.05, 3.63) is 99.6 Å². The fourth-order valence-electron chi connectivity index (χ4n) is 4.74. The minimum absolute atomic E-state index is 0.0771. The van der Waals surface area contributed by atoms with Crippen molar-refractivity contribution in [3.63, 3.8) is 0 Å². The summed E-state index contributed by atoms with van der Waals surface area (Å²) in [6.07, 6.45) is 0. The molecule has 0 aliphatic carbocycles. The van der Waals surface area contributed by atoms with Crippen LogP contribution < -0.4 is 4.90 Å². The Morgan fingerprint density at radius 3 is 2.25 bits per heavy atom. The molecular formula is C30H28N2O3S. The van der Waals surface area contributed by atoms with Gasteiger partial charge >= 0.3 is 5.91 Å². The zero-order chi connectivity index (χ0) is 25.7. The van der Waals surface area contributed by atoms with Crippen LogP contribution in [-0.2, 0) is 9.59 Å². The van der Waals surface area contributed by atoms with Crippen LogP contribution in [0.3, 0.4) is 0 Å². The van der Waals surface area contributed by atoms with Crippen LogP contribution in [0.1, 0.15) is 59.2 Å². The van der Waals surface area contributed by atoms with Crippen LogP contribution in [0.5, 0.6) is 0 Å². The summed E-state index contributed by atoms with van der Waals surface area (Å²) < 4.78 is 0.955. The summed E-state index contributed by atoms with van der Waals surface area (Å²) in [6.45, 7) is 10.2. The van der Waals surface area contributed by atoms with Gasteiger partial charge in [-0.25, -0.2) is 4.98 Å². The van der Waals surface area contributed by atoms with E-state index in [1.165, 1.54) is 16.2 Å². The van der Waals surface area contributed by atoms with Crippen LogP contribution in [0.15, 0.2) is 66.2 Å². The van der Waals surface area contributed by atoms with Gasteiger partial charge in [0.05, 0.1) is 21.8 Å². The van der Waals surface area contributed by atoms with Gasteiger partial charge in [0.1, 0.15) is 5.76 Å². The summed E-state index contributed by atoms with van der Waals surface area (Å²) in [5.41, 5.74) is 6.45. The number of thiazole rings is 1. The lowest BCUT2D eigenvalue weighted by Crippen LogP contribution is -2.29. The maximum Gasteiger partial charge on any atom is 0.301 e. The summed E-state index contributed by atoms with van der Waals surface area (Å²) >= 11 is 1.38. The number of fused-ring (bicyclic) bond motifs is 1. The summed E-state index contributed by atoms with van der Waals surface area (Å²) in [5, 5.41) is 11.8. The monoisotopic (exact) mass is 496 g/mol. The molecule has 1 aromatic heterocycles. The van der Waals surface area contributed by atoms with E-state index in [0.717, 1.165) is 38.0 Å². The quantitative estimate of drug-likeness (QED) is 0.188. The molecule has 5 nitrogen and oxygen atoms in total. The lowest BCUT2D eigenvalue weighted by atomic mass is 9.93. The zero-order valence-corrected chi connectivity index (χ0v) is 21.8. The molecule has 1 aliphatic rings. The fourth-order valence-corrected chi connectivity index (χ4v) is 5.91. The normalized spacial score (nSPS) is 17.5. The molecule has 5 rings (SSSR count). The van der Waals surface area contributed by atoms with Crippen molar-refractivity contribution in [1.82, 2.24) is 4.98 Å². The Kier molecular flexibility index (Phi) is 6.00. The number of aliphatic hydroxyl groups excluding tert-OH is 1. The predicted molar refractivity (Wildman–Crippen MR) is 146 cm³/mol. The summed E-state index contributed by atoms with van der Waals surface area (Å²) in [7, 11) is 0. The second kappa shape index (κ2) is 9.03. The molecule has 0 saturated carbocycles. The smallest absolute Gasteiger partial charge is 0.301 e. The summed E-state index contributed by atoms with van der Waals surface area (Å²) in [4.78, 5) is 33.2. The van der Waals surface area contributed by atoms with Crippen molar-refractivity contribution in [2.45, 2.75) is 46.6 Å². The van der Waals surface area contributed by atoms with E-state index in [0.29, 0.717) is 16.6 Å². The molecule has 1 fully saturated rings. The SMILES string of the molecule is Cc1ccc(C(O)=C2C(=O)C(=O)N(c3nc4c(C)cc(C)cc4s3)[C@H]2c2ccc(C(C)C)cc2)cc1. The Balaban J connectivity index is 1.73. The van der Waals surface area contributed by atoms with Crippen LogP contribution in [0.4, 0.5) is 5.13 Å². The maximum atomic E-state index is 13.5. The number of nitrogens with zero attached hydrogens (tertiary/aromatic N) is 2. The van der Waals surface area contributed by atoms with Crippen molar-refractivity contribution >= 4 is 44.1 Å². The molecule has 182 valence electrons. The van der Waals surface area contributed by atoms with E-state index in [-0.39, 0.29) is 11.3 Å². The first kappa shape index (κ1) is 23.9. The van der Waals surface area contributed by atoms with Gasteiger partial charge in [-0.3, -0.25) is 14.5 Å². The Hall–Kier alpha value is -3.77. The van der Waals surface area contributed by atoms with E-state index in [4.69, 9.17) is 4.98 Å². The molecule has 0 spiro atoms. The lowest BCUT2D eigenvalue weighted by Gasteiger charge is -2.23. The zero-order valence-electron chi connectivity index (χ0n) is 21.0. The van der Waals surface area contributed by atoms with Crippen molar-refractivity contribution in [3.8, 4) is 0 Å². The number of amides is 1. The average molecular weight is 497 g/mol. The van der Waals surface area contributed by atoms with Gasteiger partial charge in [-0.2, -0.15) is 0 Å². The van der Waals surface area contributed by atoms with Crippen LogP contribution in [0.25, 0.3) is 16.0 Å². The Labute approximate surface area is 214 Å². The van der Waals surface area contributed by atoms with Crippen LogP contribution in [0.2, 0.25) is 0 Å². The number of aromatic nitrogens is 1. The predicted octanol–water partition coefficient (Wildman–Crippen LogP) is 6.97. The number of ketones is 1. The highest BCUT2D eigenvalue weighted by molar-refractivity contribution is 7.22. The van der Waals surface area contributed by atoms with Crippen molar-refractivity contribution in [1.29, 1.82) is 0 Å². The van der Waals surface area contributed by atoms with E-state index in [1.54, 1.807) is 12.1 Å². The van der Waals surface area contributed by atoms with Gasteiger partial charge in [-0.15, -0.1) is 0 Å².